The third-order valence-corrected chi connectivity index (χ3v) is 5.79. The van der Waals surface area contributed by atoms with Crippen molar-refractivity contribution in [1.29, 1.82) is 5.26 Å². The molecule has 1 aliphatic carbocycles. The van der Waals surface area contributed by atoms with E-state index >= 15 is 0 Å². The summed E-state index contributed by atoms with van der Waals surface area (Å²) in [6.45, 7) is 1.73. The Hall–Kier alpha value is -1.47. The van der Waals surface area contributed by atoms with Gasteiger partial charge in [0.25, 0.3) is 0 Å². The van der Waals surface area contributed by atoms with Crippen LogP contribution in [0, 0.1) is 16.7 Å². The summed E-state index contributed by atoms with van der Waals surface area (Å²) in [5.74, 6) is 1.21. The van der Waals surface area contributed by atoms with Gasteiger partial charge in [-0.15, -0.1) is 0 Å². The summed E-state index contributed by atoms with van der Waals surface area (Å²) in [5.41, 5.74) is 2.33. The fraction of sp³-hybridized carbons (Fsp3) is 0.529. The molecule has 1 N–H and O–H groups in total. The summed E-state index contributed by atoms with van der Waals surface area (Å²) in [7, 11) is 0. The normalized spacial score (nSPS) is 20.6. The number of hydrogen-bond acceptors (Lipinski definition) is 4. The van der Waals surface area contributed by atoms with Crippen molar-refractivity contribution >= 4 is 16.9 Å². The molecule has 1 heterocycles. The smallest absolute Gasteiger partial charge is 0.156 e. The van der Waals surface area contributed by atoms with E-state index in [0.29, 0.717) is 11.0 Å². The van der Waals surface area contributed by atoms with Crippen molar-refractivity contribution in [2.75, 3.05) is 12.3 Å². The summed E-state index contributed by atoms with van der Waals surface area (Å²) in [6.07, 6.45) is 6.85. The van der Waals surface area contributed by atoms with Gasteiger partial charge in [0.05, 0.1) is 11.6 Å². The molecule has 1 spiro atoms. The lowest BCUT2D eigenvalue weighted by molar-refractivity contribution is 0.232. The number of benzene rings is 1. The lowest BCUT2D eigenvalue weighted by Crippen LogP contribution is -2.36. The Labute approximate surface area is 130 Å². The van der Waals surface area contributed by atoms with Crippen molar-refractivity contribution < 1.29 is 0 Å². The van der Waals surface area contributed by atoms with Crippen LogP contribution in [0.15, 0.2) is 29.3 Å². The van der Waals surface area contributed by atoms with E-state index in [2.05, 4.69) is 11.4 Å². The standard InChI is InChI=1S/C17H21N3S/c18-10-14-5-4-6-15(9-14)11-19-16-20-12-17(13-21-16)7-2-1-3-8-17/h4-6,9H,1-3,7-8,11-13H2,(H,19,20). The molecule has 0 atom stereocenters. The molecule has 1 saturated carbocycles. The zero-order chi connectivity index (χ0) is 14.5. The number of aliphatic imine (C=N–C) groups is 1. The predicted octanol–water partition coefficient (Wildman–Crippen LogP) is 3.70. The lowest BCUT2D eigenvalue weighted by atomic mass is 9.75. The maximum Gasteiger partial charge on any atom is 0.156 e. The zero-order valence-electron chi connectivity index (χ0n) is 12.3. The number of rotatable bonds is 2. The molecule has 0 bridgehead atoms. The zero-order valence-corrected chi connectivity index (χ0v) is 13.1. The Morgan fingerprint density at radius 3 is 2.86 bits per heavy atom. The van der Waals surface area contributed by atoms with Crippen molar-refractivity contribution in [3.8, 4) is 6.07 Å². The van der Waals surface area contributed by atoms with Crippen LogP contribution < -0.4 is 5.32 Å². The second-order valence-electron chi connectivity index (χ2n) is 6.14. The first-order valence-electron chi connectivity index (χ1n) is 7.70. The van der Waals surface area contributed by atoms with Gasteiger partial charge in [0.1, 0.15) is 0 Å². The fourth-order valence-electron chi connectivity index (χ4n) is 3.19. The van der Waals surface area contributed by atoms with Crippen molar-refractivity contribution in [2.24, 2.45) is 10.4 Å². The lowest BCUT2D eigenvalue weighted by Gasteiger charge is -2.38. The minimum atomic E-state index is 0.481. The summed E-state index contributed by atoms with van der Waals surface area (Å²) in [5, 5.41) is 13.4. The molecule has 1 fully saturated rings. The first-order chi connectivity index (χ1) is 10.3. The highest BCUT2D eigenvalue weighted by molar-refractivity contribution is 8.13. The van der Waals surface area contributed by atoms with Gasteiger partial charge in [-0.25, -0.2) is 0 Å². The largest absolute Gasteiger partial charge is 0.361 e. The van der Waals surface area contributed by atoms with Gasteiger partial charge in [-0.1, -0.05) is 43.2 Å². The van der Waals surface area contributed by atoms with E-state index in [9.17, 15) is 0 Å². The molecule has 1 aliphatic heterocycles. The Kier molecular flexibility index (Phi) is 4.50. The van der Waals surface area contributed by atoms with E-state index in [0.717, 1.165) is 23.8 Å². The molecule has 0 radical (unpaired) electrons. The molecular formula is C17H21N3S. The van der Waals surface area contributed by atoms with Crippen molar-refractivity contribution in [3.05, 3.63) is 35.4 Å². The van der Waals surface area contributed by atoms with E-state index in [1.165, 1.54) is 37.9 Å². The predicted molar refractivity (Wildman–Crippen MR) is 88.3 cm³/mol. The molecular weight excluding hydrogens is 278 g/mol. The molecule has 0 unspecified atom stereocenters. The van der Waals surface area contributed by atoms with Crippen molar-refractivity contribution in [2.45, 2.75) is 38.6 Å². The van der Waals surface area contributed by atoms with Crippen LogP contribution in [0.1, 0.15) is 43.2 Å². The summed E-state index contributed by atoms with van der Waals surface area (Å²) in [4.78, 5) is 4.77. The van der Waals surface area contributed by atoms with E-state index in [1.807, 2.05) is 36.0 Å². The van der Waals surface area contributed by atoms with Gasteiger partial charge in [0.2, 0.25) is 0 Å². The highest BCUT2D eigenvalue weighted by Crippen LogP contribution is 2.41. The van der Waals surface area contributed by atoms with E-state index in [-0.39, 0.29) is 0 Å². The molecule has 0 saturated heterocycles. The number of hydrogen-bond donors (Lipinski definition) is 1. The molecule has 3 nitrogen and oxygen atoms in total. The summed E-state index contributed by atoms with van der Waals surface area (Å²) >= 11 is 1.87. The Balaban J connectivity index is 1.55. The molecule has 1 aromatic carbocycles. The number of amidine groups is 1. The molecule has 0 aromatic heterocycles. The molecule has 110 valence electrons. The second kappa shape index (κ2) is 6.53. The topological polar surface area (TPSA) is 48.2 Å². The molecule has 4 heteroatoms. The van der Waals surface area contributed by atoms with Crippen LogP contribution in [0.4, 0.5) is 0 Å². The fourth-order valence-corrected chi connectivity index (χ4v) is 4.34. The molecule has 21 heavy (non-hydrogen) atoms. The molecule has 2 aliphatic rings. The average Bonchev–Trinajstić information content (AvgIpc) is 2.55. The first-order valence-corrected chi connectivity index (χ1v) is 8.68. The van der Waals surface area contributed by atoms with Gasteiger partial charge in [-0.3, -0.25) is 4.99 Å². The molecule has 1 aromatic rings. The van der Waals surface area contributed by atoms with Gasteiger partial charge in [-0.05, 0) is 36.0 Å². The summed E-state index contributed by atoms with van der Waals surface area (Å²) in [6, 6.07) is 9.93. The number of thioether (sulfide) groups is 1. The van der Waals surface area contributed by atoms with Crippen LogP contribution in [0.5, 0.6) is 0 Å². The van der Waals surface area contributed by atoms with Crippen LogP contribution in [0.25, 0.3) is 0 Å². The third kappa shape index (κ3) is 3.59. The van der Waals surface area contributed by atoms with Gasteiger partial charge < -0.3 is 5.32 Å². The SMILES string of the molecule is N#Cc1cccc(CNC2=NCC3(CCCCC3)CS2)c1. The second-order valence-corrected chi connectivity index (χ2v) is 7.10. The van der Waals surface area contributed by atoms with Gasteiger partial charge in [0.15, 0.2) is 5.17 Å². The Morgan fingerprint density at radius 1 is 1.29 bits per heavy atom. The Bertz CT molecular complexity index is 568. The summed E-state index contributed by atoms with van der Waals surface area (Å²) < 4.78 is 0. The Morgan fingerprint density at radius 2 is 2.14 bits per heavy atom. The van der Waals surface area contributed by atoms with Crippen LogP contribution in [-0.4, -0.2) is 17.5 Å². The van der Waals surface area contributed by atoms with Gasteiger partial charge in [0, 0.05) is 18.8 Å². The average molecular weight is 299 g/mol. The quantitative estimate of drug-likeness (QED) is 0.905. The minimum absolute atomic E-state index is 0.481. The molecule has 0 amide bonds. The minimum Gasteiger partial charge on any atom is -0.361 e. The van der Waals surface area contributed by atoms with Crippen LogP contribution in [0.2, 0.25) is 0 Å². The van der Waals surface area contributed by atoms with Gasteiger partial charge in [-0.2, -0.15) is 5.26 Å². The van der Waals surface area contributed by atoms with E-state index < -0.39 is 0 Å². The maximum absolute atomic E-state index is 8.92. The van der Waals surface area contributed by atoms with Gasteiger partial charge >= 0.3 is 0 Å². The van der Waals surface area contributed by atoms with Crippen molar-refractivity contribution in [3.63, 3.8) is 0 Å². The van der Waals surface area contributed by atoms with Crippen LogP contribution in [-0.2, 0) is 6.54 Å². The highest BCUT2D eigenvalue weighted by atomic mass is 32.2. The number of nitrogens with zero attached hydrogens (tertiary/aromatic N) is 2. The van der Waals surface area contributed by atoms with E-state index in [1.54, 1.807) is 0 Å². The van der Waals surface area contributed by atoms with Crippen molar-refractivity contribution in [1.82, 2.24) is 5.32 Å². The highest BCUT2D eigenvalue weighted by Gasteiger charge is 2.34. The van der Waals surface area contributed by atoms with Crippen LogP contribution in [0.3, 0.4) is 0 Å². The van der Waals surface area contributed by atoms with E-state index in [4.69, 9.17) is 10.3 Å². The number of nitrogens with one attached hydrogen (secondary N) is 1. The monoisotopic (exact) mass is 299 g/mol. The molecule has 3 rings (SSSR count). The first kappa shape index (κ1) is 14.5. The maximum atomic E-state index is 8.92. The number of nitriles is 1. The third-order valence-electron chi connectivity index (χ3n) is 4.49. The van der Waals surface area contributed by atoms with Crippen LogP contribution >= 0.6 is 11.8 Å².